The van der Waals surface area contributed by atoms with Crippen molar-refractivity contribution in [1.29, 1.82) is 0 Å². The maximum Gasteiger partial charge on any atom is 0.326 e. The van der Waals surface area contributed by atoms with Gasteiger partial charge in [0.1, 0.15) is 36.1 Å². The SMILES string of the molecule is C[C@@H](NC(=O)[C@@H](N)CCN(C(=O)CO)[C@@H](c1nc(-c2cc(F)ccc2F)cn1Cc1ccccc1)C(C)(C)C)C(=O)N[C@@H](CCCCN)C(=O)O. The molecule has 3 rings (SSSR count). The summed E-state index contributed by atoms with van der Waals surface area (Å²) in [4.78, 5) is 56.9. The lowest BCUT2D eigenvalue weighted by Gasteiger charge is -2.40. The molecule has 0 bridgehead atoms. The third-order valence-electron chi connectivity index (χ3n) is 8.37. The van der Waals surface area contributed by atoms with Gasteiger partial charge >= 0.3 is 5.97 Å². The number of amides is 3. The van der Waals surface area contributed by atoms with Crippen LogP contribution in [0.5, 0.6) is 0 Å². The van der Waals surface area contributed by atoms with Crippen LogP contribution in [0.15, 0.2) is 54.7 Å². The van der Waals surface area contributed by atoms with E-state index < -0.39 is 71.5 Å². The number of aliphatic carboxylic acids is 1. The Labute approximate surface area is 296 Å². The Morgan fingerprint density at radius 3 is 2.29 bits per heavy atom. The van der Waals surface area contributed by atoms with E-state index in [0.29, 0.717) is 25.2 Å². The molecule has 15 heteroatoms. The molecule has 51 heavy (non-hydrogen) atoms. The molecular formula is C36H49F2N7O6. The number of rotatable bonds is 18. The number of nitrogens with two attached hydrogens (primary N) is 2. The Hall–Kier alpha value is -4.73. The van der Waals surface area contributed by atoms with Crippen molar-refractivity contribution in [3.8, 4) is 11.3 Å². The summed E-state index contributed by atoms with van der Waals surface area (Å²) in [5.41, 5.74) is 11.9. The smallest absolute Gasteiger partial charge is 0.326 e. The van der Waals surface area contributed by atoms with Crippen LogP contribution in [0, 0.1) is 17.0 Å². The van der Waals surface area contributed by atoms with E-state index in [1.165, 1.54) is 11.8 Å². The van der Waals surface area contributed by atoms with Crippen molar-refractivity contribution in [2.75, 3.05) is 19.7 Å². The van der Waals surface area contributed by atoms with Gasteiger partial charge in [-0.05, 0) is 68.3 Å². The second-order valence-electron chi connectivity index (χ2n) is 13.5. The Bertz CT molecular complexity index is 1650. The monoisotopic (exact) mass is 713 g/mol. The van der Waals surface area contributed by atoms with Gasteiger partial charge in [-0.25, -0.2) is 18.6 Å². The lowest BCUT2D eigenvalue weighted by Crippen LogP contribution is -2.54. The summed E-state index contributed by atoms with van der Waals surface area (Å²) < 4.78 is 31.0. The van der Waals surface area contributed by atoms with Crippen LogP contribution >= 0.6 is 0 Å². The molecule has 0 saturated heterocycles. The fraction of sp³-hybridized carbons (Fsp3) is 0.472. The highest BCUT2D eigenvalue weighted by molar-refractivity contribution is 5.91. The molecule has 0 unspecified atom stereocenters. The molecule has 4 atom stereocenters. The molecule has 8 N–H and O–H groups in total. The van der Waals surface area contributed by atoms with E-state index in [0.717, 1.165) is 23.8 Å². The number of halogens is 2. The van der Waals surface area contributed by atoms with Crippen molar-refractivity contribution in [2.24, 2.45) is 16.9 Å². The van der Waals surface area contributed by atoms with Gasteiger partial charge in [-0.15, -0.1) is 0 Å². The van der Waals surface area contributed by atoms with Crippen LogP contribution in [0.4, 0.5) is 8.78 Å². The minimum Gasteiger partial charge on any atom is -0.480 e. The van der Waals surface area contributed by atoms with E-state index in [-0.39, 0.29) is 37.2 Å². The fourth-order valence-electron chi connectivity index (χ4n) is 5.70. The first-order valence-electron chi connectivity index (χ1n) is 16.8. The molecule has 3 amide bonds. The van der Waals surface area contributed by atoms with Gasteiger partial charge < -0.3 is 41.8 Å². The zero-order valence-corrected chi connectivity index (χ0v) is 29.4. The Balaban J connectivity index is 1.89. The number of carbonyl (C=O) groups is 4. The third-order valence-corrected chi connectivity index (χ3v) is 8.37. The second-order valence-corrected chi connectivity index (χ2v) is 13.5. The number of aromatic nitrogens is 2. The largest absolute Gasteiger partial charge is 0.480 e. The summed E-state index contributed by atoms with van der Waals surface area (Å²) in [5.74, 6) is -4.34. The topological polar surface area (TPSA) is 206 Å². The molecule has 2 aromatic carbocycles. The zero-order chi connectivity index (χ0) is 37.9. The normalized spacial score (nSPS) is 13.9. The Morgan fingerprint density at radius 1 is 1.00 bits per heavy atom. The van der Waals surface area contributed by atoms with Crippen molar-refractivity contribution >= 4 is 23.7 Å². The van der Waals surface area contributed by atoms with Gasteiger partial charge in [-0.2, -0.15) is 0 Å². The first-order valence-corrected chi connectivity index (χ1v) is 16.8. The van der Waals surface area contributed by atoms with Crippen LogP contribution in [0.2, 0.25) is 0 Å². The molecule has 0 aliphatic carbocycles. The van der Waals surface area contributed by atoms with Crippen molar-refractivity contribution < 1.29 is 38.2 Å². The van der Waals surface area contributed by atoms with E-state index in [4.69, 9.17) is 16.5 Å². The Morgan fingerprint density at radius 2 is 1.69 bits per heavy atom. The lowest BCUT2D eigenvalue weighted by atomic mass is 9.84. The number of aliphatic hydroxyl groups is 1. The number of imidazole rings is 1. The number of carbonyl (C=O) groups excluding carboxylic acids is 3. The molecule has 13 nitrogen and oxygen atoms in total. The summed E-state index contributed by atoms with van der Waals surface area (Å²) in [6.07, 6.45) is 2.74. The van der Waals surface area contributed by atoms with Gasteiger partial charge in [-0.3, -0.25) is 14.4 Å². The average Bonchev–Trinajstić information content (AvgIpc) is 3.48. The summed E-state index contributed by atoms with van der Waals surface area (Å²) in [7, 11) is 0. The van der Waals surface area contributed by atoms with Crippen molar-refractivity contribution in [2.45, 2.75) is 84.1 Å². The summed E-state index contributed by atoms with van der Waals surface area (Å²) in [5, 5.41) is 24.4. The first kappa shape index (κ1) is 40.7. The first-order chi connectivity index (χ1) is 24.1. The molecule has 0 aliphatic heterocycles. The van der Waals surface area contributed by atoms with Gasteiger partial charge in [0, 0.05) is 24.8 Å². The number of unbranched alkanes of at least 4 members (excludes halogenated alkanes) is 1. The lowest BCUT2D eigenvalue weighted by molar-refractivity contribution is -0.142. The predicted molar refractivity (Wildman–Crippen MR) is 187 cm³/mol. The van der Waals surface area contributed by atoms with E-state index in [9.17, 15) is 38.2 Å². The molecule has 0 saturated carbocycles. The molecule has 1 aromatic heterocycles. The molecular weight excluding hydrogens is 664 g/mol. The fourth-order valence-corrected chi connectivity index (χ4v) is 5.70. The highest BCUT2D eigenvalue weighted by atomic mass is 19.1. The van der Waals surface area contributed by atoms with E-state index >= 15 is 0 Å². The molecule has 0 spiro atoms. The number of hydrogen-bond donors (Lipinski definition) is 6. The van der Waals surface area contributed by atoms with Crippen molar-refractivity contribution in [1.82, 2.24) is 25.1 Å². The minimum atomic E-state index is -1.21. The Kier molecular flexibility index (Phi) is 14.8. The van der Waals surface area contributed by atoms with E-state index in [2.05, 4.69) is 10.6 Å². The summed E-state index contributed by atoms with van der Waals surface area (Å²) >= 11 is 0. The zero-order valence-electron chi connectivity index (χ0n) is 29.4. The number of carboxylic acid groups (broad SMARTS) is 1. The van der Waals surface area contributed by atoms with Gasteiger partial charge in [0.2, 0.25) is 17.7 Å². The highest BCUT2D eigenvalue weighted by Gasteiger charge is 2.39. The van der Waals surface area contributed by atoms with Crippen LogP contribution in [0.1, 0.15) is 70.8 Å². The maximum absolute atomic E-state index is 15.0. The van der Waals surface area contributed by atoms with Crippen molar-refractivity contribution in [3.63, 3.8) is 0 Å². The predicted octanol–water partition coefficient (Wildman–Crippen LogP) is 2.71. The van der Waals surface area contributed by atoms with Gasteiger partial charge in [0.25, 0.3) is 0 Å². The number of benzene rings is 2. The quantitative estimate of drug-likeness (QED) is 0.107. The van der Waals surface area contributed by atoms with Crippen LogP contribution in [0.25, 0.3) is 11.3 Å². The number of nitrogens with zero attached hydrogens (tertiary/aromatic N) is 3. The third kappa shape index (κ3) is 11.4. The summed E-state index contributed by atoms with van der Waals surface area (Å²) in [6, 6.07) is 8.05. The van der Waals surface area contributed by atoms with Crippen LogP contribution < -0.4 is 22.1 Å². The standard InChI is InChI=1S/C36H49F2N7O6/c1-22(33(48)43-28(35(50)51)12-8-9-16-39)41-34(49)27(40)15-17-45(30(47)21-46)31(36(2,3)4)32-42-29(25-18-24(37)13-14-26(25)38)20-44(32)19-23-10-6-5-7-11-23/h5-7,10-11,13-14,18,20,22,27-28,31,46H,8-9,12,15-17,19,21,39-40H2,1-4H3,(H,41,49)(H,43,48)(H,50,51)/t22-,27+,28+,31+/m1/s1. The number of carboxylic acids is 1. The summed E-state index contributed by atoms with van der Waals surface area (Å²) in [6.45, 7) is 6.61. The van der Waals surface area contributed by atoms with Crippen LogP contribution in [-0.2, 0) is 25.7 Å². The van der Waals surface area contributed by atoms with Crippen molar-refractivity contribution in [3.05, 3.63) is 77.8 Å². The molecule has 3 aromatic rings. The van der Waals surface area contributed by atoms with Gasteiger partial charge in [0.05, 0.1) is 17.8 Å². The number of aliphatic hydroxyl groups excluding tert-OH is 1. The number of nitrogens with one attached hydrogen (secondary N) is 2. The van der Waals surface area contributed by atoms with Crippen LogP contribution in [-0.4, -0.2) is 86.2 Å². The maximum atomic E-state index is 15.0. The van der Waals surface area contributed by atoms with Gasteiger partial charge in [0.15, 0.2) is 0 Å². The molecule has 0 radical (unpaired) electrons. The molecule has 1 heterocycles. The molecule has 0 fully saturated rings. The molecule has 0 aliphatic rings. The molecule has 278 valence electrons. The van der Waals surface area contributed by atoms with E-state index in [1.807, 2.05) is 51.1 Å². The van der Waals surface area contributed by atoms with Crippen LogP contribution in [0.3, 0.4) is 0 Å². The number of hydrogen-bond acceptors (Lipinski definition) is 8. The van der Waals surface area contributed by atoms with E-state index in [1.54, 1.807) is 10.8 Å². The average molecular weight is 714 g/mol. The van der Waals surface area contributed by atoms with Gasteiger partial charge in [-0.1, -0.05) is 51.1 Å². The minimum absolute atomic E-state index is 0.0714. The second kappa shape index (κ2) is 18.5. The highest BCUT2D eigenvalue weighted by Crippen LogP contribution is 2.39.